The summed E-state index contributed by atoms with van der Waals surface area (Å²) in [5.41, 5.74) is 1.37. The molecule has 0 aliphatic heterocycles. The summed E-state index contributed by atoms with van der Waals surface area (Å²) in [5, 5.41) is 11.0. The van der Waals surface area contributed by atoms with Gasteiger partial charge in [-0.25, -0.2) is 0 Å². The third-order valence-corrected chi connectivity index (χ3v) is 3.58. The number of hydrogen-bond acceptors (Lipinski definition) is 2. The molecule has 2 rings (SSSR count). The van der Waals surface area contributed by atoms with Gasteiger partial charge in [-0.15, -0.1) is 11.3 Å². The number of hydrogen-bond donors (Lipinski definition) is 0. The van der Waals surface area contributed by atoms with Crippen molar-refractivity contribution >= 4 is 11.3 Å². The lowest BCUT2D eigenvalue weighted by molar-refractivity contribution is 0.670. The Bertz CT molecular complexity index is 328. The van der Waals surface area contributed by atoms with E-state index >= 15 is 0 Å². The maximum absolute atomic E-state index is 8.90. The molecule has 0 saturated heterocycles. The van der Waals surface area contributed by atoms with Crippen molar-refractivity contribution in [1.29, 1.82) is 5.26 Å². The molecule has 12 heavy (non-hydrogen) atoms. The second-order valence-electron chi connectivity index (χ2n) is 3.60. The van der Waals surface area contributed by atoms with Crippen LogP contribution in [-0.4, -0.2) is 0 Å². The summed E-state index contributed by atoms with van der Waals surface area (Å²) in [6.07, 6.45) is 3.18. The van der Waals surface area contributed by atoms with Crippen LogP contribution in [0.4, 0.5) is 0 Å². The lowest BCUT2D eigenvalue weighted by Crippen LogP contribution is -2.00. The van der Waals surface area contributed by atoms with E-state index in [2.05, 4.69) is 24.4 Å². The number of thiophene rings is 1. The topological polar surface area (TPSA) is 23.8 Å². The van der Waals surface area contributed by atoms with Crippen LogP contribution in [-0.2, 0) is 6.42 Å². The molecule has 1 aromatic heterocycles. The fraction of sp³-hybridized carbons (Fsp3) is 0.500. The van der Waals surface area contributed by atoms with Crippen molar-refractivity contribution in [3.05, 3.63) is 21.9 Å². The summed E-state index contributed by atoms with van der Waals surface area (Å²) < 4.78 is 0. The van der Waals surface area contributed by atoms with Crippen molar-refractivity contribution < 1.29 is 0 Å². The quantitative estimate of drug-likeness (QED) is 0.681. The van der Waals surface area contributed by atoms with Crippen molar-refractivity contribution in [1.82, 2.24) is 0 Å². The van der Waals surface area contributed by atoms with Crippen LogP contribution in [0.2, 0.25) is 0 Å². The first-order valence-electron chi connectivity index (χ1n) is 4.20. The average molecular weight is 177 g/mol. The highest BCUT2D eigenvalue weighted by Gasteiger charge is 2.43. The van der Waals surface area contributed by atoms with Gasteiger partial charge in [0.2, 0.25) is 0 Å². The molecule has 0 spiro atoms. The second-order valence-corrected chi connectivity index (χ2v) is 4.60. The Morgan fingerprint density at radius 3 is 2.83 bits per heavy atom. The lowest BCUT2D eigenvalue weighted by Gasteiger charge is -2.03. The maximum Gasteiger partial charge on any atom is 0.0693 e. The highest BCUT2D eigenvalue weighted by Crippen LogP contribution is 2.48. The number of nitriles is 1. The van der Waals surface area contributed by atoms with Crippen molar-refractivity contribution in [2.75, 3.05) is 0 Å². The molecule has 1 fully saturated rings. The van der Waals surface area contributed by atoms with Gasteiger partial charge in [0.1, 0.15) is 0 Å². The normalized spacial score (nSPS) is 18.7. The summed E-state index contributed by atoms with van der Waals surface area (Å²) in [6, 6.07) is 4.56. The van der Waals surface area contributed by atoms with E-state index in [-0.39, 0.29) is 5.41 Å². The number of nitrogens with zero attached hydrogens (tertiary/aromatic N) is 1. The van der Waals surface area contributed by atoms with Gasteiger partial charge in [-0.1, -0.05) is 0 Å². The van der Waals surface area contributed by atoms with E-state index in [0.29, 0.717) is 0 Å². The molecule has 0 aromatic carbocycles. The van der Waals surface area contributed by atoms with E-state index in [0.717, 1.165) is 19.3 Å². The van der Waals surface area contributed by atoms with Gasteiger partial charge >= 0.3 is 0 Å². The fourth-order valence-corrected chi connectivity index (χ4v) is 2.42. The number of rotatable bonds is 2. The highest BCUT2D eigenvalue weighted by atomic mass is 32.1. The summed E-state index contributed by atoms with van der Waals surface area (Å²) in [4.78, 5) is 1.40. The molecule has 1 nitrogen and oxygen atoms in total. The van der Waals surface area contributed by atoms with Crippen molar-refractivity contribution in [2.24, 2.45) is 5.41 Å². The van der Waals surface area contributed by atoms with Crippen LogP contribution < -0.4 is 0 Å². The largest absolute Gasteiger partial charge is 0.198 e. The zero-order valence-corrected chi connectivity index (χ0v) is 7.95. The average Bonchev–Trinajstić information content (AvgIpc) is 2.74. The first-order valence-corrected chi connectivity index (χ1v) is 5.08. The zero-order chi connectivity index (χ0) is 8.60. The Hall–Kier alpha value is -0.810. The SMILES string of the molecule is Cc1ccsc1CC1(C#N)CC1. The monoisotopic (exact) mass is 177 g/mol. The highest BCUT2D eigenvalue weighted by molar-refractivity contribution is 7.10. The van der Waals surface area contributed by atoms with Crippen molar-refractivity contribution in [3.8, 4) is 6.07 Å². The zero-order valence-electron chi connectivity index (χ0n) is 7.13. The molecule has 1 aromatic rings. The molecular formula is C10H11NS. The first-order chi connectivity index (χ1) is 5.76. The third kappa shape index (κ3) is 1.25. The Morgan fingerprint density at radius 2 is 2.42 bits per heavy atom. The summed E-state index contributed by atoms with van der Waals surface area (Å²) in [6.45, 7) is 2.12. The molecule has 0 amide bonds. The van der Waals surface area contributed by atoms with Crippen molar-refractivity contribution in [2.45, 2.75) is 26.2 Å². The van der Waals surface area contributed by atoms with Crippen LogP contribution in [0.3, 0.4) is 0 Å². The standard InChI is InChI=1S/C10H11NS/c1-8-2-5-12-9(8)6-10(7-11)3-4-10/h2,5H,3-4,6H2,1H3. The second kappa shape index (κ2) is 2.60. The lowest BCUT2D eigenvalue weighted by atomic mass is 10.0. The molecule has 1 saturated carbocycles. The van der Waals surface area contributed by atoms with Gasteiger partial charge in [0.25, 0.3) is 0 Å². The van der Waals surface area contributed by atoms with Crippen LogP contribution in [0, 0.1) is 23.7 Å². The van der Waals surface area contributed by atoms with E-state index in [1.807, 2.05) is 0 Å². The van der Waals surface area contributed by atoms with Crippen molar-refractivity contribution in [3.63, 3.8) is 0 Å². The molecule has 0 atom stereocenters. The minimum atomic E-state index is 0.0234. The van der Waals surface area contributed by atoms with Crippen LogP contribution in [0.1, 0.15) is 23.3 Å². The molecule has 0 radical (unpaired) electrons. The summed E-state index contributed by atoms with van der Waals surface area (Å²) in [7, 11) is 0. The van der Waals surface area contributed by atoms with E-state index in [4.69, 9.17) is 5.26 Å². The van der Waals surface area contributed by atoms with E-state index < -0.39 is 0 Å². The molecule has 0 N–H and O–H groups in total. The molecular weight excluding hydrogens is 166 g/mol. The Labute approximate surface area is 76.6 Å². The Kier molecular flexibility index (Phi) is 1.69. The Morgan fingerprint density at radius 1 is 1.67 bits per heavy atom. The predicted octanol–water partition coefficient (Wildman–Crippen LogP) is 2.90. The van der Waals surface area contributed by atoms with E-state index in [9.17, 15) is 0 Å². The van der Waals surface area contributed by atoms with Gasteiger partial charge in [0, 0.05) is 11.3 Å². The smallest absolute Gasteiger partial charge is 0.0693 e. The van der Waals surface area contributed by atoms with E-state index in [1.54, 1.807) is 11.3 Å². The van der Waals surface area contributed by atoms with Gasteiger partial charge < -0.3 is 0 Å². The molecule has 0 bridgehead atoms. The number of aryl methyl sites for hydroxylation is 1. The minimum Gasteiger partial charge on any atom is -0.198 e. The Balaban J connectivity index is 2.15. The van der Waals surface area contributed by atoms with Crippen LogP contribution in [0.15, 0.2) is 11.4 Å². The van der Waals surface area contributed by atoms with Crippen LogP contribution in [0.25, 0.3) is 0 Å². The van der Waals surface area contributed by atoms with Gasteiger partial charge in [0.05, 0.1) is 11.5 Å². The molecule has 1 aliphatic rings. The van der Waals surface area contributed by atoms with Gasteiger partial charge in [-0.2, -0.15) is 5.26 Å². The predicted molar refractivity (Wildman–Crippen MR) is 50.0 cm³/mol. The fourth-order valence-electron chi connectivity index (χ4n) is 1.37. The molecule has 1 aliphatic carbocycles. The van der Waals surface area contributed by atoms with Gasteiger partial charge in [-0.05, 0) is 36.8 Å². The van der Waals surface area contributed by atoms with Gasteiger partial charge in [0.15, 0.2) is 0 Å². The van der Waals surface area contributed by atoms with Crippen LogP contribution in [0.5, 0.6) is 0 Å². The van der Waals surface area contributed by atoms with Gasteiger partial charge in [-0.3, -0.25) is 0 Å². The van der Waals surface area contributed by atoms with E-state index in [1.165, 1.54) is 10.4 Å². The molecule has 2 heteroatoms. The molecule has 1 heterocycles. The third-order valence-electron chi connectivity index (χ3n) is 2.56. The maximum atomic E-state index is 8.90. The van der Waals surface area contributed by atoms with Crippen LogP contribution >= 0.6 is 11.3 Å². The minimum absolute atomic E-state index is 0.0234. The summed E-state index contributed by atoms with van der Waals surface area (Å²) in [5.74, 6) is 0. The summed E-state index contributed by atoms with van der Waals surface area (Å²) >= 11 is 1.78. The molecule has 0 unspecified atom stereocenters. The first kappa shape index (κ1) is 7.82. The molecule has 62 valence electrons.